The van der Waals surface area contributed by atoms with Crippen LogP contribution >= 0.6 is 0 Å². The molecule has 1 heterocycles. The Morgan fingerprint density at radius 2 is 1.73 bits per heavy atom. The summed E-state index contributed by atoms with van der Waals surface area (Å²) in [6.45, 7) is 9.60. The lowest BCUT2D eigenvalue weighted by atomic mass is 10.0. The molecule has 1 aromatic heterocycles. The van der Waals surface area contributed by atoms with Crippen LogP contribution in [0.2, 0.25) is 0 Å². The third kappa shape index (κ3) is 5.54. The summed E-state index contributed by atoms with van der Waals surface area (Å²) in [5.41, 5.74) is 5.62. The highest BCUT2D eigenvalue weighted by molar-refractivity contribution is 7.95. The van der Waals surface area contributed by atoms with E-state index < -0.39 is 10.0 Å². The van der Waals surface area contributed by atoms with Crippen molar-refractivity contribution in [1.82, 2.24) is 4.57 Å². The van der Waals surface area contributed by atoms with Gasteiger partial charge in [0.2, 0.25) is 0 Å². The minimum atomic E-state index is -3.63. The first-order chi connectivity index (χ1) is 15.5. The number of pyridine rings is 1. The van der Waals surface area contributed by atoms with Crippen molar-refractivity contribution in [3.8, 4) is 22.6 Å². The number of hydrogen-bond acceptors (Lipinski definition) is 4. The quantitative estimate of drug-likeness (QED) is 0.491. The minimum Gasteiger partial charge on any atom is -0.456 e. The van der Waals surface area contributed by atoms with E-state index in [1.807, 2.05) is 33.8 Å². The monoisotopic (exact) mass is 466 g/mol. The standard InChI is InChI=1S/C26H30N2O4S/c1-7-11-33(30,31)27-22-9-10-24(32-25-18(4)12-17(3)13-19(25)5)23(15-22)21-14-20(8-2)26(29)28(6)16-21/h7,9-16,27H,8H2,1-6H3/b11-7+. The Balaban J connectivity index is 2.20. The van der Waals surface area contributed by atoms with Gasteiger partial charge in [-0.05, 0) is 69.5 Å². The van der Waals surface area contributed by atoms with Gasteiger partial charge in [-0.2, -0.15) is 0 Å². The fourth-order valence-corrected chi connectivity index (χ4v) is 4.79. The molecule has 0 unspecified atom stereocenters. The second kappa shape index (κ2) is 9.67. The molecular weight excluding hydrogens is 436 g/mol. The maximum atomic E-state index is 12.4. The highest BCUT2D eigenvalue weighted by Gasteiger charge is 2.16. The third-order valence-corrected chi connectivity index (χ3v) is 6.47. The number of allylic oxidation sites excluding steroid dienone is 1. The molecule has 174 valence electrons. The number of aromatic nitrogens is 1. The second-order valence-electron chi connectivity index (χ2n) is 8.18. The number of nitrogens with one attached hydrogen (secondary N) is 1. The zero-order chi connectivity index (χ0) is 24.3. The van der Waals surface area contributed by atoms with Gasteiger partial charge in [-0.1, -0.05) is 30.7 Å². The molecule has 1 N–H and O–H groups in total. The molecule has 0 aliphatic heterocycles. The number of benzene rings is 2. The van der Waals surface area contributed by atoms with Crippen LogP contribution in [0, 0.1) is 20.8 Å². The first kappa shape index (κ1) is 24.3. The molecular formula is C26H30N2O4S. The number of rotatable bonds is 7. The Bertz CT molecular complexity index is 1360. The smallest absolute Gasteiger partial charge is 0.254 e. The summed E-state index contributed by atoms with van der Waals surface area (Å²) in [6, 6.07) is 11.1. The number of aryl methyl sites for hydroxylation is 5. The molecule has 33 heavy (non-hydrogen) atoms. The molecule has 0 atom stereocenters. The summed E-state index contributed by atoms with van der Waals surface area (Å²) in [6.07, 6.45) is 3.79. The van der Waals surface area contributed by atoms with E-state index in [9.17, 15) is 13.2 Å². The first-order valence-corrected chi connectivity index (χ1v) is 12.3. The number of hydrogen-bond donors (Lipinski definition) is 1. The van der Waals surface area contributed by atoms with Crippen LogP contribution < -0.4 is 15.0 Å². The Labute approximate surface area is 195 Å². The van der Waals surface area contributed by atoms with E-state index in [-0.39, 0.29) is 5.56 Å². The van der Waals surface area contributed by atoms with Crippen molar-refractivity contribution in [1.29, 1.82) is 0 Å². The van der Waals surface area contributed by atoms with Crippen LogP contribution in [0.15, 0.2) is 58.9 Å². The molecule has 0 fully saturated rings. The van der Waals surface area contributed by atoms with Gasteiger partial charge in [0, 0.05) is 41.0 Å². The van der Waals surface area contributed by atoms with Gasteiger partial charge < -0.3 is 9.30 Å². The number of anilines is 1. The zero-order valence-corrected chi connectivity index (χ0v) is 20.7. The lowest BCUT2D eigenvalue weighted by Crippen LogP contribution is -2.20. The predicted molar refractivity (Wildman–Crippen MR) is 135 cm³/mol. The Morgan fingerprint density at radius 3 is 2.33 bits per heavy atom. The highest BCUT2D eigenvalue weighted by Crippen LogP contribution is 2.38. The van der Waals surface area contributed by atoms with Crippen LogP contribution in [0.1, 0.15) is 36.1 Å². The van der Waals surface area contributed by atoms with Crippen LogP contribution in [0.3, 0.4) is 0 Å². The van der Waals surface area contributed by atoms with Crippen molar-refractivity contribution in [2.45, 2.75) is 41.0 Å². The van der Waals surface area contributed by atoms with Gasteiger partial charge in [0.15, 0.2) is 0 Å². The normalized spacial score (nSPS) is 11.7. The fourth-order valence-electron chi connectivity index (χ4n) is 3.90. The molecule has 0 saturated heterocycles. The lowest BCUT2D eigenvalue weighted by Gasteiger charge is -2.18. The number of nitrogens with zero attached hydrogens (tertiary/aromatic N) is 1. The summed E-state index contributed by atoms with van der Waals surface area (Å²) in [5.74, 6) is 1.32. The molecule has 7 heteroatoms. The van der Waals surface area contributed by atoms with E-state index in [0.29, 0.717) is 29.0 Å². The lowest BCUT2D eigenvalue weighted by molar-refractivity contribution is 0.476. The summed E-state index contributed by atoms with van der Waals surface area (Å²) in [4.78, 5) is 12.4. The summed E-state index contributed by atoms with van der Waals surface area (Å²) >= 11 is 0. The average molecular weight is 467 g/mol. The molecule has 0 amide bonds. The van der Waals surface area contributed by atoms with Crippen molar-refractivity contribution in [3.63, 3.8) is 0 Å². The number of sulfonamides is 1. The van der Waals surface area contributed by atoms with E-state index in [1.54, 1.807) is 38.4 Å². The van der Waals surface area contributed by atoms with Gasteiger partial charge in [-0.3, -0.25) is 9.52 Å². The average Bonchev–Trinajstić information content (AvgIpc) is 2.73. The van der Waals surface area contributed by atoms with Gasteiger partial charge >= 0.3 is 0 Å². The van der Waals surface area contributed by atoms with Gasteiger partial charge in [0.05, 0.1) is 0 Å². The van der Waals surface area contributed by atoms with Crippen LogP contribution in [-0.4, -0.2) is 13.0 Å². The van der Waals surface area contributed by atoms with Crippen molar-refractivity contribution in [2.75, 3.05) is 4.72 Å². The van der Waals surface area contributed by atoms with Crippen LogP contribution in [0.4, 0.5) is 5.69 Å². The molecule has 0 aliphatic rings. The van der Waals surface area contributed by atoms with Crippen molar-refractivity contribution in [2.24, 2.45) is 7.05 Å². The Morgan fingerprint density at radius 1 is 1.06 bits per heavy atom. The van der Waals surface area contributed by atoms with Crippen LogP contribution in [-0.2, 0) is 23.5 Å². The predicted octanol–water partition coefficient (Wildman–Crippen LogP) is 5.61. The SMILES string of the molecule is C/C=C/S(=O)(=O)Nc1ccc(Oc2c(C)cc(C)cc2C)c(-c2cc(CC)c(=O)n(C)c2)c1. The fraction of sp³-hybridized carbons (Fsp3) is 0.269. The Hall–Kier alpha value is -3.32. The zero-order valence-electron chi connectivity index (χ0n) is 19.9. The van der Waals surface area contributed by atoms with E-state index >= 15 is 0 Å². The maximum Gasteiger partial charge on any atom is 0.254 e. The molecule has 0 aliphatic carbocycles. The molecule has 6 nitrogen and oxygen atoms in total. The molecule has 0 bridgehead atoms. The van der Waals surface area contributed by atoms with Crippen LogP contribution in [0.5, 0.6) is 11.5 Å². The topological polar surface area (TPSA) is 77.4 Å². The van der Waals surface area contributed by atoms with Crippen molar-refractivity contribution >= 4 is 15.7 Å². The highest BCUT2D eigenvalue weighted by atomic mass is 32.2. The van der Waals surface area contributed by atoms with Gasteiger partial charge in [-0.25, -0.2) is 8.42 Å². The summed E-state index contributed by atoms with van der Waals surface area (Å²) < 4.78 is 35.0. The number of ether oxygens (including phenoxy) is 1. The van der Waals surface area contributed by atoms with Gasteiger partial charge in [0.1, 0.15) is 11.5 Å². The first-order valence-electron chi connectivity index (χ1n) is 10.8. The summed E-state index contributed by atoms with van der Waals surface area (Å²) in [5, 5.41) is 1.11. The second-order valence-corrected chi connectivity index (χ2v) is 9.75. The molecule has 2 aromatic carbocycles. The molecule has 3 aromatic rings. The van der Waals surface area contributed by atoms with E-state index in [2.05, 4.69) is 16.9 Å². The van der Waals surface area contributed by atoms with Crippen molar-refractivity contribution < 1.29 is 13.2 Å². The molecule has 0 radical (unpaired) electrons. The van der Waals surface area contributed by atoms with Crippen LogP contribution in [0.25, 0.3) is 11.1 Å². The van der Waals surface area contributed by atoms with Crippen molar-refractivity contribution in [3.05, 3.63) is 86.7 Å². The summed E-state index contributed by atoms with van der Waals surface area (Å²) in [7, 11) is -1.92. The minimum absolute atomic E-state index is 0.0566. The third-order valence-electron chi connectivity index (χ3n) is 5.32. The van der Waals surface area contributed by atoms with E-state index in [1.165, 1.54) is 10.6 Å². The van der Waals surface area contributed by atoms with E-state index in [4.69, 9.17) is 4.74 Å². The van der Waals surface area contributed by atoms with Gasteiger partial charge in [-0.15, -0.1) is 0 Å². The molecule has 0 saturated carbocycles. The Kier molecular flexibility index (Phi) is 7.12. The molecule has 0 spiro atoms. The maximum absolute atomic E-state index is 12.4. The largest absolute Gasteiger partial charge is 0.456 e. The molecule has 3 rings (SSSR count). The van der Waals surface area contributed by atoms with Gasteiger partial charge in [0.25, 0.3) is 15.6 Å². The van der Waals surface area contributed by atoms with E-state index in [0.717, 1.165) is 33.4 Å².